The molecule has 1 saturated carbocycles. The van der Waals surface area contributed by atoms with Crippen molar-refractivity contribution in [2.24, 2.45) is 0 Å². The van der Waals surface area contributed by atoms with Crippen molar-refractivity contribution < 1.29 is 14.3 Å². The molecule has 0 N–H and O–H groups in total. The van der Waals surface area contributed by atoms with Gasteiger partial charge in [-0.1, -0.05) is 31.4 Å². The minimum Gasteiger partial charge on any atom is -0.465 e. The zero-order valence-corrected chi connectivity index (χ0v) is 13.5. The summed E-state index contributed by atoms with van der Waals surface area (Å²) in [4.78, 5) is 11.4. The minimum atomic E-state index is -0.339. The molecule has 3 nitrogen and oxygen atoms in total. The zero-order chi connectivity index (χ0) is 16.1. The Kier molecular flexibility index (Phi) is 4.96. The first-order valence-electron chi connectivity index (χ1n) is 8.22. The van der Waals surface area contributed by atoms with E-state index >= 15 is 0 Å². The lowest BCUT2D eigenvalue weighted by Gasteiger charge is -2.22. The first-order chi connectivity index (χ1) is 11.3. The highest BCUT2D eigenvalue weighted by molar-refractivity contribution is 5.89. The largest absolute Gasteiger partial charge is 0.465 e. The van der Waals surface area contributed by atoms with Crippen molar-refractivity contribution in [3.05, 3.63) is 59.7 Å². The number of benzene rings is 2. The van der Waals surface area contributed by atoms with Crippen molar-refractivity contribution in [3.63, 3.8) is 0 Å². The van der Waals surface area contributed by atoms with Crippen LogP contribution in [-0.2, 0) is 4.74 Å². The number of carbonyl (C=O) groups excluding carboxylic acids is 1. The number of hydrogen-bond donors (Lipinski definition) is 0. The molecular formula is C20H22O3. The second kappa shape index (κ2) is 7.32. The number of hydrogen-bond acceptors (Lipinski definition) is 3. The number of ether oxygens (including phenoxy) is 2. The number of methoxy groups -OCH3 is 1. The van der Waals surface area contributed by atoms with Gasteiger partial charge in [-0.25, -0.2) is 4.79 Å². The van der Waals surface area contributed by atoms with Crippen LogP contribution in [0.5, 0.6) is 11.5 Å². The molecule has 0 saturated heterocycles. The monoisotopic (exact) mass is 310 g/mol. The molecule has 1 fully saturated rings. The fraction of sp³-hybridized carbons (Fsp3) is 0.350. The minimum absolute atomic E-state index is 0.339. The molecule has 3 rings (SSSR count). The summed E-state index contributed by atoms with van der Waals surface area (Å²) in [5.41, 5.74) is 1.94. The van der Waals surface area contributed by atoms with Crippen LogP contribution < -0.4 is 4.74 Å². The van der Waals surface area contributed by atoms with Gasteiger partial charge in [0.1, 0.15) is 11.5 Å². The van der Waals surface area contributed by atoms with E-state index in [0.717, 1.165) is 5.75 Å². The molecule has 23 heavy (non-hydrogen) atoms. The van der Waals surface area contributed by atoms with Crippen molar-refractivity contribution in [2.45, 2.75) is 38.0 Å². The molecule has 1 aliphatic rings. The maximum absolute atomic E-state index is 11.4. The number of carbonyl (C=O) groups is 1. The van der Waals surface area contributed by atoms with Crippen molar-refractivity contribution in [1.29, 1.82) is 0 Å². The number of rotatable bonds is 4. The molecule has 3 heteroatoms. The van der Waals surface area contributed by atoms with Crippen LogP contribution in [-0.4, -0.2) is 13.1 Å². The molecule has 120 valence electrons. The highest BCUT2D eigenvalue weighted by atomic mass is 16.5. The summed E-state index contributed by atoms with van der Waals surface area (Å²) >= 11 is 0. The normalized spacial score (nSPS) is 15.2. The molecule has 0 bridgehead atoms. The van der Waals surface area contributed by atoms with Gasteiger partial charge in [-0.2, -0.15) is 0 Å². The molecule has 0 radical (unpaired) electrons. The Balaban J connectivity index is 1.64. The fourth-order valence-corrected chi connectivity index (χ4v) is 3.16. The van der Waals surface area contributed by atoms with Crippen LogP contribution in [0.4, 0.5) is 0 Å². The number of esters is 1. The Morgan fingerprint density at radius 3 is 2.00 bits per heavy atom. The Morgan fingerprint density at radius 1 is 0.870 bits per heavy atom. The molecule has 0 amide bonds. The van der Waals surface area contributed by atoms with Gasteiger partial charge in [0.15, 0.2) is 0 Å². The van der Waals surface area contributed by atoms with Crippen LogP contribution in [0.3, 0.4) is 0 Å². The summed E-state index contributed by atoms with van der Waals surface area (Å²) < 4.78 is 10.5. The predicted molar refractivity (Wildman–Crippen MR) is 90.1 cm³/mol. The fourth-order valence-electron chi connectivity index (χ4n) is 3.16. The van der Waals surface area contributed by atoms with E-state index in [0.29, 0.717) is 17.2 Å². The van der Waals surface area contributed by atoms with Gasteiger partial charge in [-0.05, 0) is 60.7 Å². The third kappa shape index (κ3) is 3.92. The van der Waals surface area contributed by atoms with E-state index in [2.05, 4.69) is 16.9 Å². The van der Waals surface area contributed by atoms with Gasteiger partial charge in [0, 0.05) is 0 Å². The second-order valence-electron chi connectivity index (χ2n) is 6.02. The molecule has 2 aromatic rings. The first kappa shape index (κ1) is 15.6. The molecule has 1 aliphatic carbocycles. The van der Waals surface area contributed by atoms with Crippen molar-refractivity contribution >= 4 is 5.97 Å². The zero-order valence-electron chi connectivity index (χ0n) is 13.5. The highest BCUT2D eigenvalue weighted by Crippen LogP contribution is 2.33. The van der Waals surface area contributed by atoms with Gasteiger partial charge in [0.25, 0.3) is 0 Å². The highest BCUT2D eigenvalue weighted by Gasteiger charge is 2.15. The van der Waals surface area contributed by atoms with E-state index in [1.54, 1.807) is 24.3 Å². The van der Waals surface area contributed by atoms with Crippen LogP contribution in [0.1, 0.15) is 53.9 Å². The van der Waals surface area contributed by atoms with Crippen LogP contribution in [0.15, 0.2) is 48.5 Å². The van der Waals surface area contributed by atoms with Gasteiger partial charge >= 0.3 is 5.97 Å². The lowest BCUT2D eigenvalue weighted by molar-refractivity contribution is 0.0600. The van der Waals surface area contributed by atoms with Crippen LogP contribution >= 0.6 is 0 Å². The SMILES string of the molecule is COC(=O)c1ccc(Oc2ccc(C3CCCCC3)cc2)cc1. The molecule has 0 heterocycles. The molecule has 0 aromatic heterocycles. The van der Waals surface area contributed by atoms with Crippen LogP contribution in [0, 0.1) is 0 Å². The van der Waals surface area contributed by atoms with E-state index in [9.17, 15) is 4.79 Å². The lowest BCUT2D eigenvalue weighted by Crippen LogP contribution is -2.04. The molecular weight excluding hydrogens is 288 g/mol. The average Bonchev–Trinajstić information content (AvgIpc) is 2.63. The Labute approximate surface area is 137 Å². The standard InChI is InChI=1S/C20H22O3/c1-22-20(21)17-9-13-19(14-10-17)23-18-11-7-16(8-12-18)15-5-3-2-4-6-15/h7-15H,2-6H2,1H3. The third-order valence-electron chi connectivity index (χ3n) is 4.47. The second-order valence-corrected chi connectivity index (χ2v) is 6.02. The van der Waals surface area contributed by atoms with E-state index in [4.69, 9.17) is 4.74 Å². The third-order valence-corrected chi connectivity index (χ3v) is 4.47. The van der Waals surface area contributed by atoms with Gasteiger partial charge in [0.2, 0.25) is 0 Å². The molecule has 0 unspecified atom stereocenters. The summed E-state index contributed by atoms with van der Waals surface area (Å²) in [5.74, 6) is 1.89. The topological polar surface area (TPSA) is 35.5 Å². The predicted octanol–water partition coefficient (Wildman–Crippen LogP) is 5.31. The van der Waals surface area contributed by atoms with Crippen molar-refractivity contribution in [3.8, 4) is 11.5 Å². The van der Waals surface area contributed by atoms with Crippen LogP contribution in [0.25, 0.3) is 0 Å². The summed E-state index contributed by atoms with van der Waals surface area (Å²) in [5, 5.41) is 0. The van der Waals surface area contributed by atoms with Gasteiger partial charge < -0.3 is 9.47 Å². The smallest absolute Gasteiger partial charge is 0.337 e. The average molecular weight is 310 g/mol. The Morgan fingerprint density at radius 2 is 1.43 bits per heavy atom. The van der Waals surface area contributed by atoms with E-state index < -0.39 is 0 Å². The maximum Gasteiger partial charge on any atom is 0.337 e. The molecule has 2 aromatic carbocycles. The molecule has 0 atom stereocenters. The summed E-state index contributed by atoms with van der Waals surface area (Å²) in [6.45, 7) is 0. The van der Waals surface area contributed by atoms with E-state index in [1.165, 1.54) is 44.8 Å². The quantitative estimate of drug-likeness (QED) is 0.718. The summed E-state index contributed by atoms with van der Waals surface area (Å²) in [6.07, 6.45) is 6.66. The Hall–Kier alpha value is -2.29. The summed E-state index contributed by atoms with van der Waals surface area (Å²) in [7, 11) is 1.38. The summed E-state index contributed by atoms with van der Waals surface area (Å²) in [6, 6.07) is 15.4. The van der Waals surface area contributed by atoms with Crippen LogP contribution in [0.2, 0.25) is 0 Å². The van der Waals surface area contributed by atoms with Gasteiger partial charge in [-0.15, -0.1) is 0 Å². The molecule has 0 spiro atoms. The van der Waals surface area contributed by atoms with Crippen molar-refractivity contribution in [2.75, 3.05) is 7.11 Å². The van der Waals surface area contributed by atoms with Crippen molar-refractivity contribution in [1.82, 2.24) is 0 Å². The molecule has 0 aliphatic heterocycles. The first-order valence-corrected chi connectivity index (χ1v) is 8.22. The van der Waals surface area contributed by atoms with E-state index in [1.807, 2.05) is 12.1 Å². The van der Waals surface area contributed by atoms with Gasteiger partial charge in [-0.3, -0.25) is 0 Å². The maximum atomic E-state index is 11.4. The van der Waals surface area contributed by atoms with Gasteiger partial charge in [0.05, 0.1) is 12.7 Å². The Bertz CT molecular complexity index is 638. The lowest BCUT2D eigenvalue weighted by atomic mass is 9.84. The van der Waals surface area contributed by atoms with E-state index in [-0.39, 0.29) is 5.97 Å².